The van der Waals surface area contributed by atoms with Gasteiger partial charge in [-0.15, -0.1) is 6.42 Å². The highest BCUT2D eigenvalue weighted by atomic mass is 16.5. The van der Waals surface area contributed by atoms with E-state index in [0.29, 0.717) is 17.1 Å². The van der Waals surface area contributed by atoms with Crippen molar-refractivity contribution < 1.29 is 24.3 Å². The summed E-state index contributed by atoms with van der Waals surface area (Å²) in [6.07, 6.45) is 6.61. The van der Waals surface area contributed by atoms with Crippen LogP contribution < -0.4 is 20.4 Å². The second kappa shape index (κ2) is 10.2. The highest BCUT2D eigenvalue weighted by Crippen LogP contribution is 2.12. The normalized spacial score (nSPS) is 10.1. The van der Waals surface area contributed by atoms with E-state index in [-0.39, 0.29) is 13.2 Å². The van der Waals surface area contributed by atoms with Gasteiger partial charge in [0.25, 0.3) is 11.8 Å². The van der Waals surface area contributed by atoms with Gasteiger partial charge in [0.15, 0.2) is 6.61 Å². The van der Waals surface area contributed by atoms with Crippen LogP contribution >= 0.6 is 0 Å². The molecule has 0 aliphatic heterocycles. The van der Waals surface area contributed by atoms with Crippen LogP contribution in [0.1, 0.15) is 15.9 Å². The molecule has 3 N–H and O–H groups in total. The second-order valence-electron chi connectivity index (χ2n) is 5.11. The molecule has 8 heteroatoms. The third-order valence-electron chi connectivity index (χ3n) is 3.19. The number of nitrogens with zero attached hydrogens (tertiary/aromatic N) is 1. The molecular weight excluding hydrogens is 350 g/mol. The van der Waals surface area contributed by atoms with Gasteiger partial charge in [-0.3, -0.25) is 14.8 Å². The van der Waals surface area contributed by atoms with Gasteiger partial charge in [0.2, 0.25) is 0 Å². The van der Waals surface area contributed by atoms with Gasteiger partial charge in [0.05, 0.1) is 6.21 Å². The Morgan fingerprint density at radius 1 is 1.07 bits per heavy atom. The summed E-state index contributed by atoms with van der Waals surface area (Å²) >= 11 is 0. The maximum absolute atomic E-state index is 12.0. The van der Waals surface area contributed by atoms with E-state index in [1.165, 1.54) is 36.0 Å². The van der Waals surface area contributed by atoms with Crippen LogP contribution in [0.4, 0.5) is 0 Å². The summed E-state index contributed by atoms with van der Waals surface area (Å²) in [5, 5.41) is 12.3. The van der Waals surface area contributed by atoms with E-state index in [1.807, 2.05) is 0 Å². The molecule has 0 radical (unpaired) electrons. The number of nitrogens with one attached hydrogen (secondary N) is 2. The smallest absolute Gasteiger partial charge is 0.281 e. The number of ether oxygens (including phenoxy) is 2. The van der Waals surface area contributed by atoms with Gasteiger partial charge in [-0.2, -0.15) is 5.10 Å². The molecule has 2 aromatic rings. The third kappa shape index (κ3) is 6.53. The number of benzene rings is 2. The molecule has 2 aromatic carbocycles. The zero-order chi connectivity index (χ0) is 19.5. The summed E-state index contributed by atoms with van der Waals surface area (Å²) in [6.45, 7) is -0.138. The molecule has 0 aliphatic carbocycles. The van der Waals surface area contributed by atoms with Gasteiger partial charge in [0.1, 0.15) is 18.1 Å². The Morgan fingerprint density at radius 2 is 1.70 bits per heavy atom. The Kier molecular flexibility index (Phi) is 7.38. The van der Waals surface area contributed by atoms with Crippen LogP contribution in [0.15, 0.2) is 53.6 Å². The van der Waals surface area contributed by atoms with E-state index in [2.05, 4.69) is 16.4 Å². The van der Waals surface area contributed by atoms with Gasteiger partial charge in [-0.25, -0.2) is 10.9 Å². The van der Waals surface area contributed by atoms with Crippen LogP contribution in [0.3, 0.4) is 0 Å². The van der Waals surface area contributed by atoms with Crippen molar-refractivity contribution in [3.8, 4) is 23.8 Å². The van der Waals surface area contributed by atoms with Crippen molar-refractivity contribution in [1.29, 1.82) is 0 Å². The van der Waals surface area contributed by atoms with Crippen molar-refractivity contribution in [2.75, 3.05) is 13.2 Å². The standard InChI is InChI=1S/C19H17N3O5/c1-2-11-26-16-7-3-14(4-8-16)12-20-21-19(24)15-5-9-17(10-6-15)27-13-18(23)22-25/h1,3-10,12,25H,11,13H2,(H,21,24)(H,22,23)/b20-12+. The Labute approximate surface area is 155 Å². The summed E-state index contributed by atoms with van der Waals surface area (Å²) in [7, 11) is 0. The zero-order valence-electron chi connectivity index (χ0n) is 14.2. The van der Waals surface area contributed by atoms with Gasteiger partial charge >= 0.3 is 0 Å². The number of hydrogen-bond donors (Lipinski definition) is 3. The SMILES string of the molecule is C#CCOc1ccc(/C=N/NC(=O)c2ccc(OCC(=O)NO)cc2)cc1. The van der Waals surface area contributed by atoms with Gasteiger partial charge < -0.3 is 9.47 Å². The minimum absolute atomic E-state index is 0.196. The molecule has 2 rings (SSSR count). The first-order chi connectivity index (χ1) is 13.1. The van der Waals surface area contributed by atoms with Crippen molar-refractivity contribution in [2.24, 2.45) is 5.10 Å². The van der Waals surface area contributed by atoms with Gasteiger partial charge in [-0.05, 0) is 54.1 Å². The number of amides is 2. The molecule has 0 heterocycles. The maximum atomic E-state index is 12.0. The first-order valence-electron chi connectivity index (χ1n) is 7.78. The summed E-state index contributed by atoms with van der Waals surface area (Å²) in [5.74, 6) is 2.32. The van der Waals surface area contributed by atoms with Crippen molar-refractivity contribution in [3.63, 3.8) is 0 Å². The van der Waals surface area contributed by atoms with Crippen molar-refractivity contribution >= 4 is 18.0 Å². The molecule has 138 valence electrons. The van der Waals surface area contributed by atoms with E-state index < -0.39 is 11.8 Å². The maximum Gasteiger partial charge on any atom is 0.281 e. The average Bonchev–Trinajstić information content (AvgIpc) is 2.71. The molecule has 0 unspecified atom stereocenters. The minimum atomic E-state index is -0.679. The molecule has 0 spiro atoms. The van der Waals surface area contributed by atoms with Crippen LogP contribution in [-0.4, -0.2) is 36.4 Å². The minimum Gasteiger partial charge on any atom is -0.484 e. The molecule has 27 heavy (non-hydrogen) atoms. The van der Waals surface area contributed by atoms with Crippen molar-refractivity contribution in [3.05, 3.63) is 59.7 Å². The lowest BCUT2D eigenvalue weighted by atomic mass is 10.2. The molecule has 0 atom stereocenters. The number of rotatable bonds is 8. The van der Waals surface area contributed by atoms with E-state index in [4.69, 9.17) is 21.1 Å². The number of carbonyl (C=O) groups excluding carboxylic acids is 2. The summed E-state index contributed by atoms with van der Waals surface area (Å²) in [5.41, 5.74) is 5.00. The first-order valence-corrected chi connectivity index (χ1v) is 7.78. The molecule has 0 aliphatic rings. The monoisotopic (exact) mass is 367 g/mol. The van der Waals surface area contributed by atoms with Crippen molar-refractivity contribution in [1.82, 2.24) is 10.9 Å². The van der Waals surface area contributed by atoms with Crippen LogP contribution in [-0.2, 0) is 4.79 Å². The molecular formula is C19H17N3O5. The molecule has 0 saturated carbocycles. The van der Waals surface area contributed by atoms with Crippen molar-refractivity contribution in [2.45, 2.75) is 0 Å². The lowest BCUT2D eigenvalue weighted by molar-refractivity contribution is -0.131. The predicted molar refractivity (Wildman–Crippen MR) is 97.7 cm³/mol. The first kappa shape index (κ1) is 19.5. The van der Waals surface area contributed by atoms with Crippen LogP contribution in [0, 0.1) is 12.3 Å². The summed E-state index contributed by atoms with van der Waals surface area (Å²) in [4.78, 5) is 22.9. The number of carbonyl (C=O) groups is 2. The number of hydroxylamine groups is 1. The van der Waals surface area contributed by atoms with Crippen LogP contribution in [0.25, 0.3) is 0 Å². The fourth-order valence-electron chi connectivity index (χ4n) is 1.89. The Morgan fingerprint density at radius 3 is 2.33 bits per heavy atom. The fourth-order valence-corrected chi connectivity index (χ4v) is 1.89. The highest BCUT2D eigenvalue weighted by molar-refractivity contribution is 5.95. The highest BCUT2D eigenvalue weighted by Gasteiger charge is 2.05. The number of hydrogen-bond acceptors (Lipinski definition) is 6. The topological polar surface area (TPSA) is 109 Å². The van der Waals surface area contributed by atoms with E-state index in [0.717, 1.165) is 5.56 Å². The summed E-state index contributed by atoms with van der Waals surface area (Å²) in [6, 6.07) is 13.1. The number of hydrazone groups is 1. The molecule has 0 aromatic heterocycles. The van der Waals surface area contributed by atoms with Gasteiger partial charge in [0, 0.05) is 5.56 Å². The molecule has 0 bridgehead atoms. The Bertz CT molecular complexity index is 839. The molecule has 0 fully saturated rings. The zero-order valence-corrected chi connectivity index (χ0v) is 14.2. The third-order valence-corrected chi connectivity index (χ3v) is 3.19. The Hall–Kier alpha value is -3.83. The van der Waals surface area contributed by atoms with Gasteiger partial charge in [-0.1, -0.05) is 5.92 Å². The fraction of sp³-hybridized carbons (Fsp3) is 0.105. The molecule has 8 nitrogen and oxygen atoms in total. The predicted octanol–water partition coefficient (Wildman–Crippen LogP) is 1.35. The van der Waals surface area contributed by atoms with E-state index >= 15 is 0 Å². The largest absolute Gasteiger partial charge is 0.484 e. The van der Waals surface area contributed by atoms with E-state index in [9.17, 15) is 9.59 Å². The molecule has 0 saturated heterocycles. The second-order valence-corrected chi connectivity index (χ2v) is 5.11. The quantitative estimate of drug-likeness (QED) is 0.282. The van der Waals surface area contributed by atoms with Crippen LogP contribution in [0.5, 0.6) is 11.5 Å². The van der Waals surface area contributed by atoms with E-state index in [1.54, 1.807) is 24.3 Å². The average molecular weight is 367 g/mol. The molecule has 2 amide bonds. The lowest BCUT2D eigenvalue weighted by Crippen LogP contribution is -2.25. The summed E-state index contributed by atoms with van der Waals surface area (Å²) < 4.78 is 10.4. The van der Waals surface area contributed by atoms with Crippen LogP contribution in [0.2, 0.25) is 0 Å². The number of terminal acetylenes is 1. The Balaban J connectivity index is 1.85. The lowest BCUT2D eigenvalue weighted by Gasteiger charge is -2.05.